The molecule has 1 amide bonds. The van der Waals surface area contributed by atoms with E-state index >= 15 is 0 Å². The van der Waals surface area contributed by atoms with Crippen molar-refractivity contribution >= 4 is 5.91 Å². The summed E-state index contributed by atoms with van der Waals surface area (Å²) < 4.78 is 17.3. The summed E-state index contributed by atoms with van der Waals surface area (Å²) in [6.07, 6.45) is 0.603. The van der Waals surface area contributed by atoms with Crippen LogP contribution in [0.4, 0.5) is 0 Å². The van der Waals surface area contributed by atoms with Gasteiger partial charge in [-0.15, -0.1) is 0 Å². The topological polar surface area (TPSA) is 91.7 Å². The highest BCUT2D eigenvalue weighted by atomic mass is 16.7. The van der Waals surface area contributed by atoms with Crippen molar-refractivity contribution in [3.05, 3.63) is 70.5 Å². The van der Waals surface area contributed by atoms with E-state index in [0.29, 0.717) is 30.2 Å². The average Bonchev–Trinajstić information content (AvgIpc) is 3.27. The van der Waals surface area contributed by atoms with Crippen LogP contribution >= 0.6 is 0 Å². The van der Waals surface area contributed by atoms with Gasteiger partial charge in [-0.05, 0) is 56.2 Å². The van der Waals surface area contributed by atoms with E-state index < -0.39 is 5.54 Å². The van der Waals surface area contributed by atoms with Gasteiger partial charge in [-0.1, -0.05) is 18.2 Å². The Labute approximate surface area is 185 Å². The standard InChI is InChI=1S/C24H25N3O5/c1-24(2,23(29)25-13-12-16-6-4-5-7-19(16)30-3)27-22(28)11-9-18(26-27)17-8-10-20-21(14-17)32-15-31-20/h4-11,14H,12-13,15H2,1-3H3,(H,25,29). The van der Waals surface area contributed by atoms with E-state index in [1.54, 1.807) is 39.2 Å². The Hall–Kier alpha value is -3.81. The molecule has 0 bridgehead atoms. The number of nitrogens with one attached hydrogen (secondary N) is 1. The number of fused-ring (bicyclic) bond motifs is 1. The molecule has 0 aliphatic carbocycles. The van der Waals surface area contributed by atoms with Gasteiger partial charge in [0.15, 0.2) is 11.5 Å². The molecule has 32 heavy (non-hydrogen) atoms. The summed E-state index contributed by atoms with van der Waals surface area (Å²) in [5.41, 5.74) is 0.755. The molecule has 0 spiro atoms. The number of benzene rings is 2. The van der Waals surface area contributed by atoms with Gasteiger partial charge < -0.3 is 19.5 Å². The molecule has 0 radical (unpaired) electrons. The molecule has 0 fully saturated rings. The van der Waals surface area contributed by atoms with Crippen molar-refractivity contribution in [2.45, 2.75) is 25.8 Å². The Balaban J connectivity index is 1.52. The van der Waals surface area contributed by atoms with Gasteiger partial charge in [0.1, 0.15) is 11.3 Å². The summed E-state index contributed by atoms with van der Waals surface area (Å²) in [5, 5.41) is 7.39. The Kier molecular flexibility index (Phi) is 5.85. The molecule has 1 aliphatic rings. The fourth-order valence-electron chi connectivity index (χ4n) is 3.55. The molecule has 8 nitrogen and oxygen atoms in total. The molecule has 0 atom stereocenters. The lowest BCUT2D eigenvalue weighted by atomic mass is 10.0. The lowest BCUT2D eigenvalue weighted by Crippen LogP contribution is -2.50. The number of para-hydroxylation sites is 1. The fourth-order valence-corrected chi connectivity index (χ4v) is 3.55. The van der Waals surface area contributed by atoms with Crippen LogP contribution in [0.1, 0.15) is 19.4 Å². The second kappa shape index (κ2) is 8.74. The highest BCUT2D eigenvalue weighted by Crippen LogP contribution is 2.35. The number of nitrogens with zero attached hydrogens (tertiary/aromatic N) is 2. The number of amides is 1. The summed E-state index contributed by atoms with van der Waals surface area (Å²) in [7, 11) is 1.62. The number of methoxy groups -OCH3 is 1. The number of hydrogen-bond donors (Lipinski definition) is 1. The lowest BCUT2D eigenvalue weighted by molar-refractivity contribution is -0.128. The Bertz CT molecular complexity index is 1200. The van der Waals surface area contributed by atoms with E-state index in [4.69, 9.17) is 14.2 Å². The molecule has 166 valence electrons. The van der Waals surface area contributed by atoms with E-state index in [1.807, 2.05) is 30.3 Å². The monoisotopic (exact) mass is 435 g/mol. The zero-order chi connectivity index (χ0) is 22.7. The van der Waals surface area contributed by atoms with Crippen LogP contribution < -0.4 is 25.1 Å². The van der Waals surface area contributed by atoms with Gasteiger partial charge in [-0.3, -0.25) is 9.59 Å². The summed E-state index contributed by atoms with van der Waals surface area (Å²) >= 11 is 0. The van der Waals surface area contributed by atoms with Crippen LogP contribution in [0.15, 0.2) is 59.4 Å². The Morgan fingerprint density at radius 2 is 1.91 bits per heavy atom. The van der Waals surface area contributed by atoms with Crippen LogP contribution in [-0.2, 0) is 16.8 Å². The number of hydrogen-bond acceptors (Lipinski definition) is 6. The van der Waals surface area contributed by atoms with E-state index in [9.17, 15) is 9.59 Å². The predicted octanol–water partition coefficient (Wildman–Crippen LogP) is 2.74. The van der Waals surface area contributed by atoms with Crippen LogP contribution in [-0.4, -0.2) is 36.1 Å². The van der Waals surface area contributed by atoms with Crippen molar-refractivity contribution in [1.29, 1.82) is 0 Å². The van der Waals surface area contributed by atoms with E-state index in [1.165, 1.54) is 10.7 Å². The Morgan fingerprint density at radius 3 is 2.72 bits per heavy atom. The summed E-state index contributed by atoms with van der Waals surface area (Å²) in [6, 6.07) is 16.1. The third kappa shape index (κ3) is 4.16. The first-order chi connectivity index (χ1) is 15.4. The van der Waals surface area contributed by atoms with Crippen molar-refractivity contribution < 1.29 is 19.0 Å². The maximum absolute atomic E-state index is 13.0. The maximum Gasteiger partial charge on any atom is 0.267 e. The molecule has 3 aromatic rings. The second-order valence-electron chi connectivity index (χ2n) is 7.91. The molecule has 1 aliphatic heterocycles. The van der Waals surface area contributed by atoms with Crippen LogP contribution in [0.2, 0.25) is 0 Å². The van der Waals surface area contributed by atoms with Gasteiger partial charge in [-0.25, -0.2) is 4.68 Å². The molecule has 2 heterocycles. The summed E-state index contributed by atoms with van der Waals surface area (Å²) in [4.78, 5) is 25.6. The molecule has 0 saturated heterocycles. The molecule has 1 aromatic heterocycles. The highest BCUT2D eigenvalue weighted by Gasteiger charge is 2.32. The molecule has 0 saturated carbocycles. The SMILES string of the molecule is COc1ccccc1CCNC(=O)C(C)(C)n1nc(-c2ccc3c(c2)OCO3)ccc1=O. The molecule has 1 N–H and O–H groups in total. The predicted molar refractivity (Wildman–Crippen MR) is 119 cm³/mol. The van der Waals surface area contributed by atoms with Crippen molar-refractivity contribution in [3.63, 3.8) is 0 Å². The van der Waals surface area contributed by atoms with Crippen LogP contribution in [0, 0.1) is 0 Å². The summed E-state index contributed by atoms with van der Waals surface area (Å²) in [5.74, 6) is 1.76. The fraction of sp³-hybridized carbons (Fsp3) is 0.292. The zero-order valence-corrected chi connectivity index (χ0v) is 18.3. The zero-order valence-electron chi connectivity index (χ0n) is 18.3. The molecular formula is C24H25N3O5. The van der Waals surface area contributed by atoms with Crippen LogP contribution in [0.25, 0.3) is 11.3 Å². The molecular weight excluding hydrogens is 410 g/mol. The van der Waals surface area contributed by atoms with Crippen LogP contribution in [0.3, 0.4) is 0 Å². The largest absolute Gasteiger partial charge is 0.496 e. The van der Waals surface area contributed by atoms with Gasteiger partial charge in [-0.2, -0.15) is 5.10 Å². The molecule has 4 rings (SSSR count). The first kappa shape index (κ1) is 21.4. The van der Waals surface area contributed by atoms with Crippen molar-refractivity contribution in [2.24, 2.45) is 0 Å². The normalized spacial score (nSPS) is 12.5. The highest BCUT2D eigenvalue weighted by molar-refractivity contribution is 5.83. The first-order valence-corrected chi connectivity index (χ1v) is 10.3. The Morgan fingerprint density at radius 1 is 1.12 bits per heavy atom. The van der Waals surface area contributed by atoms with Crippen molar-refractivity contribution in [1.82, 2.24) is 15.1 Å². The van der Waals surface area contributed by atoms with E-state index in [-0.39, 0.29) is 18.3 Å². The van der Waals surface area contributed by atoms with Gasteiger partial charge in [0.2, 0.25) is 12.7 Å². The number of aromatic nitrogens is 2. The minimum atomic E-state index is -1.19. The molecule has 2 aromatic carbocycles. The number of ether oxygens (including phenoxy) is 3. The van der Waals surface area contributed by atoms with Gasteiger partial charge in [0.05, 0.1) is 12.8 Å². The third-order valence-corrected chi connectivity index (χ3v) is 5.43. The van der Waals surface area contributed by atoms with Gasteiger partial charge in [0, 0.05) is 18.2 Å². The van der Waals surface area contributed by atoms with Gasteiger partial charge in [0.25, 0.3) is 5.56 Å². The minimum Gasteiger partial charge on any atom is -0.496 e. The quantitative estimate of drug-likeness (QED) is 0.614. The molecule has 8 heteroatoms. The average molecular weight is 435 g/mol. The summed E-state index contributed by atoms with van der Waals surface area (Å²) in [6.45, 7) is 3.92. The number of carbonyl (C=O) groups excluding carboxylic acids is 1. The van der Waals surface area contributed by atoms with E-state index in [0.717, 1.165) is 16.9 Å². The van der Waals surface area contributed by atoms with Crippen molar-refractivity contribution in [2.75, 3.05) is 20.4 Å². The minimum absolute atomic E-state index is 0.174. The lowest BCUT2D eigenvalue weighted by Gasteiger charge is -2.25. The second-order valence-corrected chi connectivity index (χ2v) is 7.91. The maximum atomic E-state index is 13.0. The number of carbonyl (C=O) groups is 1. The van der Waals surface area contributed by atoms with Crippen molar-refractivity contribution in [3.8, 4) is 28.5 Å². The first-order valence-electron chi connectivity index (χ1n) is 10.3. The van der Waals surface area contributed by atoms with E-state index in [2.05, 4.69) is 10.4 Å². The number of rotatable bonds is 7. The smallest absolute Gasteiger partial charge is 0.267 e. The van der Waals surface area contributed by atoms with Crippen LogP contribution in [0.5, 0.6) is 17.2 Å². The third-order valence-electron chi connectivity index (χ3n) is 5.43. The molecule has 0 unspecified atom stereocenters. The van der Waals surface area contributed by atoms with Gasteiger partial charge >= 0.3 is 0 Å².